The molecule has 0 bridgehead atoms. The highest BCUT2D eigenvalue weighted by Crippen LogP contribution is 2.21. The normalized spacial score (nSPS) is 10.8. The molecule has 0 aliphatic carbocycles. The third kappa shape index (κ3) is 3.98. The zero-order valence-electron chi connectivity index (χ0n) is 12.8. The van der Waals surface area contributed by atoms with Crippen LogP contribution in [-0.2, 0) is 14.3 Å². The second-order valence-corrected chi connectivity index (χ2v) is 4.36. The predicted octanol–water partition coefficient (Wildman–Crippen LogP) is 1.56. The summed E-state index contributed by atoms with van der Waals surface area (Å²) in [6.45, 7) is 0. The van der Waals surface area contributed by atoms with Crippen molar-refractivity contribution in [3.63, 3.8) is 0 Å². The Morgan fingerprint density at radius 3 is 2.24 bits per heavy atom. The molecule has 0 aromatic heterocycles. The number of hydrogen-bond acceptors (Lipinski definition) is 6. The van der Waals surface area contributed by atoms with Gasteiger partial charge in [-0.25, -0.2) is 9.59 Å². The summed E-state index contributed by atoms with van der Waals surface area (Å²) in [6.07, 6.45) is 1.57. The lowest BCUT2D eigenvalue weighted by molar-refractivity contribution is -0.137. The van der Waals surface area contributed by atoms with Crippen molar-refractivity contribution in [1.82, 2.24) is 4.90 Å². The van der Waals surface area contributed by atoms with Crippen LogP contribution < -0.4 is 4.74 Å². The number of carbonyl (C=O) groups is 2. The van der Waals surface area contributed by atoms with Crippen LogP contribution in [0.15, 0.2) is 23.9 Å². The Morgan fingerprint density at radius 1 is 1.10 bits per heavy atom. The first-order valence-electron chi connectivity index (χ1n) is 6.18. The largest absolute Gasteiger partial charge is 0.497 e. The maximum absolute atomic E-state index is 11.9. The Bertz CT molecular complexity index is 563. The van der Waals surface area contributed by atoms with E-state index in [0.29, 0.717) is 22.6 Å². The predicted molar refractivity (Wildman–Crippen MR) is 78.0 cm³/mol. The van der Waals surface area contributed by atoms with Crippen molar-refractivity contribution in [3.05, 3.63) is 35.0 Å². The van der Waals surface area contributed by atoms with Gasteiger partial charge in [0.2, 0.25) is 0 Å². The highest BCUT2D eigenvalue weighted by atomic mass is 16.5. The van der Waals surface area contributed by atoms with Gasteiger partial charge in [-0.3, -0.25) is 0 Å². The molecule has 0 radical (unpaired) electrons. The summed E-state index contributed by atoms with van der Waals surface area (Å²) in [6, 6.07) is 4.93. The fraction of sp³-hybridized carbons (Fsp3) is 0.333. The van der Waals surface area contributed by atoms with Crippen molar-refractivity contribution in [2.45, 2.75) is 0 Å². The van der Waals surface area contributed by atoms with Gasteiger partial charge in [0.1, 0.15) is 11.4 Å². The molecular weight excluding hydrogens is 274 g/mol. The number of nitrogens with zero attached hydrogens (tertiary/aromatic N) is 1. The third-order valence-electron chi connectivity index (χ3n) is 2.83. The van der Waals surface area contributed by atoms with E-state index >= 15 is 0 Å². The van der Waals surface area contributed by atoms with Gasteiger partial charge in [0.25, 0.3) is 0 Å². The molecule has 21 heavy (non-hydrogen) atoms. The number of methoxy groups -OCH3 is 3. The van der Waals surface area contributed by atoms with Crippen LogP contribution in [0.1, 0.15) is 15.9 Å². The standard InChI is InChI=1S/C15H19NO5/c1-16(2)13(15(18)21-5)8-10-6-7-11(19-3)9-12(10)14(17)20-4/h6-9H,1-5H3. The zero-order chi connectivity index (χ0) is 16.0. The van der Waals surface area contributed by atoms with Gasteiger partial charge >= 0.3 is 11.9 Å². The summed E-state index contributed by atoms with van der Waals surface area (Å²) in [5.41, 5.74) is 1.16. The molecule has 0 saturated carbocycles. The molecule has 114 valence electrons. The molecule has 0 unspecified atom stereocenters. The fourth-order valence-electron chi connectivity index (χ4n) is 1.70. The van der Waals surface area contributed by atoms with Crippen molar-refractivity contribution >= 4 is 18.0 Å². The minimum absolute atomic E-state index is 0.306. The average molecular weight is 293 g/mol. The number of benzene rings is 1. The lowest BCUT2D eigenvalue weighted by Crippen LogP contribution is -2.20. The number of ether oxygens (including phenoxy) is 3. The maximum Gasteiger partial charge on any atom is 0.354 e. The summed E-state index contributed by atoms with van der Waals surface area (Å²) < 4.78 is 14.6. The summed E-state index contributed by atoms with van der Waals surface area (Å²) in [7, 11) is 7.52. The van der Waals surface area contributed by atoms with Crippen molar-refractivity contribution in [1.29, 1.82) is 0 Å². The Labute approximate surface area is 123 Å². The lowest BCUT2D eigenvalue weighted by Gasteiger charge is -2.15. The molecule has 1 aromatic carbocycles. The molecular formula is C15H19NO5. The highest BCUT2D eigenvalue weighted by Gasteiger charge is 2.16. The van der Waals surface area contributed by atoms with E-state index in [-0.39, 0.29) is 0 Å². The second kappa shape index (κ2) is 7.33. The number of likely N-dealkylation sites (N-methyl/N-ethyl adjacent to an activating group) is 1. The van der Waals surface area contributed by atoms with Crippen LogP contribution in [0.5, 0.6) is 5.75 Å². The van der Waals surface area contributed by atoms with Crippen LogP contribution in [0.3, 0.4) is 0 Å². The van der Waals surface area contributed by atoms with E-state index in [1.165, 1.54) is 21.3 Å². The second-order valence-electron chi connectivity index (χ2n) is 4.36. The minimum atomic E-state index is -0.511. The molecule has 0 saturated heterocycles. The van der Waals surface area contributed by atoms with Gasteiger partial charge in [0.05, 0.1) is 26.9 Å². The van der Waals surface area contributed by atoms with Crippen LogP contribution in [0.2, 0.25) is 0 Å². The molecule has 0 aliphatic rings. The number of esters is 2. The molecule has 1 aromatic rings. The van der Waals surface area contributed by atoms with Gasteiger partial charge < -0.3 is 19.1 Å². The van der Waals surface area contributed by atoms with Gasteiger partial charge in [0, 0.05) is 14.1 Å². The fourth-order valence-corrected chi connectivity index (χ4v) is 1.70. The first-order chi connectivity index (χ1) is 9.94. The Balaban J connectivity index is 3.40. The van der Waals surface area contributed by atoms with Crippen LogP contribution in [0, 0.1) is 0 Å². The van der Waals surface area contributed by atoms with E-state index < -0.39 is 11.9 Å². The number of carbonyl (C=O) groups excluding carboxylic acids is 2. The molecule has 6 nitrogen and oxygen atoms in total. The van der Waals surface area contributed by atoms with Crippen molar-refractivity contribution in [3.8, 4) is 5.75 Å². The lowest BCUT2D eigenvalue weighted by atomic mass is 10.1. The van der Waals surface area contributed by atoms with Crippen molar-refractivity contribution < 1.29 is 23.8 Å². The topological polar surface area (TPSA) is 65.1 Å². The van der Waals surface area contributed by atoms with Crippen LogP contribution in [0.25, 0.3) is 6.08 Å². The molecule has 0 amide bonds. The zero-order valence-corrected chi connectivity index (χ0v) is 12.8. The third-order valence-corrected chi connectivity index (χ3v) is 2.83. The summed E-state index contributed by atoms with van der Waals surface area (Å²) in [5.74, 6) is -0.480. The molecule has 0 fully saturated rings. The smallest absolute Gasteiger partial charge is 0.354 e. The van der Waals surface area contributed by atoms with Gasteiger partial charge in [0.15, 0.2) is 0 Å². The van der Waals surface area contributed by atoms with Crippen molar-refractivity contribution in [2.24, 2.45) is 0 Å². The van der Waals surface area contributed by atoms with E-state index in [9.17, 15) is 9.59 Å². The van der Waals surface area contributed by atoms with E-state index in [0.717, 1.165) is 0 Å². The molecule has 0 atom stereocenters. The minimum Gasteiger partial charge on any atom is -0.497 e. The summed E-state index contributed by atoms with van der Waals surface area (Å²) in [4.78, 5) is 25.2. The molecule has 1 rings (SSSR count). The molecule has 0 aliphatic heterocycles. The number of hydrogen-bond donors (Lipinski definition) is 0. The molecule has 0 heterocycles. The Kier molecular flexibility index (Phi) is 5.78. The van der Waals surface area contributed by atoms with E-state index in [1.807, 2.05) is 0 Å². The van der Waals surface area contributed by atoms with Gasteiger partial charge in [-0.2, -0.15) is 0 Å². The van der Waals surface area contributed by atoms with Crippen molar-refractivity contribution in [2.75, 3.05) is 35.4 Å². The van der Waals surface area contributed by atoms with Crippen LogP contribution in [-0.4, -0.2) is 52.3 Å². The monoisotopic (exact) mass is 293 g/mol. The average Bonchev–Trinajstić information content (AvgIpc) is 2.50. The number of rotatable bonds is 5. The van der Waals surface area contributed by atoms with E-state index in [1.54, 1.807) is 43.3 Å². The molecule has 0 spiro atoms. The SMILES string of the molecule is COC(=O)C(=Cc1ccc(OC)cc1C(=O)OC)N(C)C. The molecule has 0 N–H and O–H groups in total. The summed E-state index contributed by atoms with van der Waals surface area (Å²) in [5, 5.41) is 0. The van der Waals surface area contributed by atoms with Gasteiger partial charge in [-0.1, -0.05) is 6.07 Å². The van der Waals surface area contributed by atoms with E-state index in [4.69, 9.17) is 14.2 Å². The Hall–Kier alpha value is -2.50. The first-order valence-corrected chi connectivity index (χ1v) is 6.18. The van der Waals surface area contributed by atoms with E-state index in [2.05, 4.69) is 0 Å². The first kappa shape index (κ1) is 16.6. The van der Waals surface area contributed by atoms with Crippen LogP contribution >= 0.6 is 0 Å². The van der Waals surface area contributed by atoms with Crippen LogP contribution in [0.4, 0.5) is 0 Å². The Morgan fingerprint density at radius 2 is 1.76 bits per heavy atom. The van der Waals surface area contributed by atoms with Gasteiger partial charge in [-0.15, -0.1) is 0 Å². The maximum atomic E-state index is 11.9. The summed E-state index contributed by atoms with van der Waals surface area (Å²) >= 11 is 0. The molecule has 6 heteroatoms. The van der Waals surface area contributed by atoms with Gasteiger partial charge in [-0.05, 0) is 23.8 Å². The quantitative estimate of drug-likeness (QED) is 0.606. The highest BCUT2D eigenvalue weighted by molar-refractivity contribution is 5.98.